The van der Waals surface area contributed by atoms with Gasteiger partial charge in [0.05, 0.1) is 18.3 Å². The zero-order chi connectivity index (χ0) is 12.0. The number of aromatic nitrogens is 2. The Hall–Kier alpha value is -1.40. The van der Waals surface area contributed by atoms with Crippen molar-refractivity contribution in [2.75, 3.05) is 13.7 Å². The Labute approximate surface area is 94.8 Å². The fourth-order valence-corrected chi connectivity index (χ4v) is 1.24. The number of methoxy groups -OCH3 is 1. The number of hydrogen-bond acceptors (Lipinski definition) is 4. The molecule has 90 valence electrons. The van der Waals surface area contributed by atoms with Crippen LogP contribution in [-0.4, -0.2) is 35.4 Å². The molecule has 16 heavy (non-hydrogen) atoms. The highest BCUT2D eigenvalue weighted by molar-refractivity contribution is 5.81. The van der Waals surface area contributed by atoms with Crippen LogP contribution in [-0.2, 0) is 23.1 Å². The summed E-state index contributed by atoms with van der Waals surface area (Å²) in [5, 5.41) is 6.87. The van der Waals surface area contributed by atoms with Crippen LogP contribution in [0.3, 0.4) is 0 Å². The first-order valence-corrected chi connectivity index (χ1v) is 5.14. The van der Waals surface area contributed by atoms with E-state index < -0.39 is 6.04 Å². The molecule has 1 aromatic heterocycles. The van der Waals surface area contributed by atoms with Crippen molar-refractivity contribution in [2.45, 2.75) is 19.0 Å². The van der Waals surface area contributed by atoms with Crippen LogP contribution in [0.1, 0.15) is 12.1 Å². The summed E-state index contributed by atoms with van der Waals surface area (Å²) in [5.74, 6) is -0.178. The van der Waals surface area contributed by atoms with Crippen molar-refractivity contribution < 1.29 is 9.53 Å². The van der Waals surface area contributed by atoms with Crippen molar-refractivity contribution in [1.29, 1.82) is 0 Å². The SMILES string of the molecule is COCCC(N)C(=O)NCc1ccn(C)n1. The van der Waals surface area contributed by atoms with E-state index in [1.54, 1.807) is 11.8 Å². The molecule has 0 aliphatic heterocycles. The van der Waals surface area contributed by atoms with E-state index in [2.05, 4.69) is 10.4 Å². The number of hydrogen-bond donors (Lipinski definition) is 2. The minimum Gasteiger partial charge on any atom is -0.385 e. The van der Waals surface area contributed by atoms with Gasteiger partial charge in [0.25, 0.3) is 0 Å². The molecule has 0 fully saturated rings. The zero-order valence-electron chi connectivity index (χ0n) is 9.64. The van der Waals surface area contributed by atoms with Gasteiger partial charge in [-0.3, -0.25) is 9.48 Å². The number of amides is 1. The van der Waals surface area contributed by atoms with Crippen LogP contribution in [0.25, 0.3) is 0 Å². The molecule has 1 amide bonds. The van der Waals surface area contributed by atoms with E-state index >= 15 is 0 Å². The Balaban J connectivity index is 2.29. The van der Waals surface area contributed by atoms with Crippen molar-refractivity contribution in [3.05, 3.63) is 18.0 Å². The van der Waals surface area contributed by atoms with Crippen molar-refractivity contribution >= 4 is 5.91 Å². The molecule has 3 N–H and O–H groups in total. The van der Waals surface area contributed by atoms with Crippen LogP contribution in [0, 0.1) is 0 Å². The Morgan fingerprint density at radius 1 is 1.75 bits per heavy atom. The summed E-state index contributed by atoms with van der Waals surface area (Å²) in [6.07, 6.45) is 2.34. The molecule has 0 saturated heterocycles. The fourth-order valence-electron chi connectivity index (χ4n) is 1.24. The monoisotopic (exact) mass is 226 g/mol. The number of ether oxygens (including phenoxy) is 1. The van der Waals surface area contributed by atoms with Gasteiger partial charge in [-0.15, -0.1) is 0 Å². The van der Waals surface area contributed by atoms with Gasteiger partial charge in [-0.25, -0.2) is 0 Å². The molecule has 6 heteroatoms. The number of rotatable bonds is 6. The highest BCUT2D eigenvalue weighted by Gasteiger charge is 2.12. The second-order valence-electron chi connectivity index (χ2n) is 3.59. The molecule has 0 aliphatic rings. The van der Waals surface area contributed by atoms with Crippen LogP contribution < -0.4 is 11.1 Å². The molecule has 6 nitrogen and oxygen atoms in total. The molecule has 0 aliphatic carbocycles. The number of nitrogens with one attached hydrogen (secondary N) is 1. The number of carbonyl (C=O) groups excluding carboxylic acids is 1. The number of nitrogens with two attached hydrogens (primary N) is 1. The first-order chi connectivity index (χ1) is 7.63. The topological polar surface area (TPSA) is 82.2 Å². The maximum absolute atomic E-state index is 11.5. The van der Waals surface area contributed by atoms with E-state index in [4.69, 9.17) is 10.5 Å². The second kappa shape index (κ2) is 6.24. The zero-order valence-corrected chi connectivity index (χ0v) is 9.64. The molecule has 0 bridgehead atoms. The number of carbonyl (C=O) groups is 1. The van der Waals surface area contributed by atoms with Gasteiger partial charge >= 0.3 is 0 Å². The van der Waals surface area contributed by atoms with E-state index in [0.29, 0.717) is 19.6 Å². The Morgan fingerprint density at radius 2 is 2.50 bits per heavy atom. The molecule has 1 aromatic rings. The van der Waals surface area contributed by atoms with E-state index in [-0.39, 0.29) is 5.91 Å². The third-order valence-electron chi connectivity index (χ3n) is 2.18. The number of aryl methyl sites for hydroxylation is 1. The highest BCUT2D eigenvalue weighted by atomic mass is 16.5. The largest absolute Gasteiger partial charge is 0.385 e. The van der Waals surface area contributed by atoms with Crippen molar-refractivity contribution in [1.82, 2.24) is 15.1 Å². The van der Waals surface area contributed by atoms with Crippen LogP contribution in [0.15, 0.2) is 12.3 Å². The van der Waals surface area contributed by atoms with Gasteiger partial charge in [-0.05, 0) is 12.5 Å². The maximum atomic E-state index is 11.5. The van der Waals surface area contributed by atoms with E-state index in [9.17, 15) is 4.79 Å². The van der Waals surface area contributed by atoms with Crippen molar-refractivity contribution in [3.8, 4) is 0 Å². The molecule has 0 spiro atoms. The average Bonchev–Trinajstić information content (AvgIpc) is 2.68. The lowest BCUT2D eigenvalue weighted by Gasteiger charge is -2.10. The van der Waals surface area contributed by atoms with E-state index in [1.165, 1.54) is 0 Å². The molecule has 1 heterocycles. The fraction of sp³-hybridized carbons (Fsp3) is 0.600. The Bertz CT molecular complexity index is 337. The first kappa shape index (κ1) is 12.7. The quantitative estimate of drug-likeness (QED) is 0.678. The van der Waals surface area contributed by atoms with E-state index in [0.717, 1.165) is 5.69 Å². The summed E-state index contributed by atoms with van der Waals surface area (Å²) in [4.78, 5) is 11.5. The molecule has 0 aromatic carbocycles. The summed E-state index contributed by atoms with van der Waals surface area (Å²) in [5.41, 5.74) is 6.47. The second-order valence-corrected chi connectivity index (χ2v) is 3.59. The van der Waals surface area contributed by atoms with Gasteiger partial charge in [0.1, 0.15) is 0 Å². The molecule has 0 radical (unpaired) electrons. The minimum atomic E-state index is -0.524. The predicted octanol–water partition coefficient (Wildman–Crippen LogP) is -0.600. The Morgan fingerprint density at radius 3 is 3.06 bits per heavy atom. The summed E-state index contributed by atoms with van der Waals surface area (Å²) in [6, 6.07) is 1.32. The molecule has 0 saturated carbocycles. The lowest BCUT2D eigenvalue weighted by atomic mass is 10.2. The van der Waals surface area contributed by atoms with Gasteiger partial charge in [-0.1, -0.05) is 0 Å². The lowest BCUT2D eigenvalue weighted by Crippen LogP contribution is -2.40. The van der Waals surface area contributed by atoms with Gasteiger partial charge in [0, 0.05) is 27.0 Å². The van der Waals surface area contributed by atoms with E-state index in [1.807, 2.05) is 19.3 Å². The van der Waals surface area contributed by atoms with Gasteiger partial charge in [0.15, 0.2) is 0 Å². The number of nitrogens with zero attached hydrogens (tertiary/aromatic N) is 2. The summed E-state index contributed by atoms with van der Waals surface area (Å²) < 4.78 is 6.54. The molecule has 1 unspecified atom stereocenters. The lowest BCUT2D eigenvalue weighted by molar-refractivity contribution is -0.122. The molecule has 1 rings (SSSR count). The third-order valence-corrected chi connectivity index (χ3v) is 2.18. The normalized spacial score (nSPS) is 12.4. The third kappa shape index (κ3) is 4.00. The van der Waals surface area contributed by atoms with Crippen molar-refractivity contribution in [2.24, 2.45) is 12.8 Å². The van der Waals surface area contributed by atoms with Gasteiger partial charge in [0.2, 0.25) is 5.91 Å². The summed E-state index contributed by atoms with van der Waals surface area (Å²) in [6.45, 7) is 0.887. The highest BCUT2D eigenvalue weighted by Crippen LogP contribution is 1.94. The summed E-state index contributed by atoms with van der Waals surface area (Å²) in [7, 11) is 3.41. The van der Waals surface area contributed by atoms with Crippen LogP contribution in [0.4, 0.5) is 0 Å². The van der Waals surface area contributed by atoms with Gasteiger partial charge in [-0.2, -0.15) is 5.10 Å². The minimum absolute atomic E-state index is 0.178. The van der Waals surface area contributed by atoms with Crippen LogP contribution in [0.2, 0.25) is 0 Å². The summed E-state index contributed by atoms with van der Waals surface area (Å²) >= 11 is 0. The standard InChI is InChI=1S/C10H18N4O2/c1-14-5-3-8(13-14)7-12-10(15)9(11)4-6-16-2/h3,5,9H,4,6-7,11H2,1-2H3,(H,12,15). The molecular formula is C10H18N4O2. The average molecular weight is 226 g/mol. The Kier molecular flexibility index (Phi) is 4.94. The maximum Gasteiger partial charge on any atom is 0.237 e. The molecule has 1 atom stereocenters. The molecular weight excluding hydrogens is 208 g/mol. The van der Waals surface area contributed by atoms with Crippen LogP contribution >= 0.6 is 0 Å². The predicted molar refractivity (Wildman–Crippen MR) is 59.5 cm³/mol. The first-order valence-electron chi connectivity index (χ1n) is 5.14. The van der Waals surface area contributed by atoms with Crippen molar-refractivity contribution in [3.63, 3.8) is 0 Å². The van der Waals surface area contributed by atoms with Gasteiger partial charge < -0.3 is 15.8 Å². The van der Waals surface area contributed by atoms with Crippen LogP contribution in [0.5, 0.6) is 0 Å². The smallest absolute Gasteiger partial charge is 0.237 e.